The minimum Gasteiger partial charge on any atom is -0.469 e. The lowest BCUT2D eigenvalue weighted by Gasteiger charge is -2.30. The van der Waals surface area contributed by atoms with Crippen LogP contribution < -0.4 is 0 Å². The zero-order valence-electron chi connectivity index (χ0n) is 10.0. The summed E-state index contributed by atoms with van der Waals surface area (Å²) in [5, 5.41) is 0.180. The van der Waals surface area contributed by atoms with Gasteiger partial charge in [0.1, 0.15) is 0 Å². The third-order valence-corrected chi connectivity index (χ3v) is 3.23. The highest BCUT2D eigenvalue weighted by molar-refractivity contribution is 6.29. The van der Waals surface area contributed by atoms with Gasteiger partial charge in [0.05, 0.1) is 13.0 Å². The molecule has 6 heteroatoms. The van der Waals surface area contributed by atoms with Crippen LogP contribution in [0.15, 0.2) is 16.5 Å². The fourth-order valence-corrected chi connectivity index (χ4v) is 2.25. The molecule has 18 heavy (non-hydrogen) atoms. The third-order valence-electron chi connectivity index (χ3n) is 3.03. The van der Waals surface area contributed by atoms with Crippen molar-refractivity contribution in [3.63, 3.8) is 0 Å². The highest BCUT2D eigenvalue weighted by atomic mass is 35.5. The first-order valence-electron chi connectivity index (χ1n) is 5.74. The van der Waals surface area contributed by atoms with Gasteiger partial charge in [0, 0.05) is 13.1 Å². The quantitative estimate of drug-likeness (QED) is 0.772. The molecule has 0 radical (unpaired) electrons. The average molecular weight is 272 g/mol. The maximum absolute atomic E-state index is 12.1. The van der Waals surface area contributed by atoms with Crippen LogP contribution in [-0.4, -0.2) is 37.0 Å². The number of hydrogen-bond donors (Lipinski definition) is 0. The number of hydrogen-bond acceptors (Lipinski definition) is 4. The van der Waals surface area contributed by atoms with E-state index in [2.05, 4.69) is 0 Å². The van der Waals surface area contributed by atoms with Crippen molar-refractivity contribution in [1.29, 1.82) is 0 Å². The summed E-state index contributed by atoms with van der Waals surface area (Å²) < 4.78 is 9.78. The number of ether oxygens (including phenoxy) is 1. The van der Waals surface area contributed by atoms with Crippen LogP contribution in [0.4, 0.5) is 0 Å². The van der Waals surface area contributed by atoms with E-state index in [0.717, 1.165) is 12.8 Å². The molecule has 2 heterocycles. The van der Waals surface area contributed by atoms with Gasteiger partial charge in [-0.3, -0.25) is 9.59 Å². The topological polar surface area (TPSA) is 59.8 Å². The number of amides is 1. The number of methoxy groups -OCH3 is 1. The molecule has 0 spiro atoms. The minimum absolute atomic E-state index is 0.180. The van der Waals surface area contributed by atoms with Crippen LogP contribution in [0.5, 0.6) is 0 Å². The lowest BCUT2D eigenvalue weighted by molar-refractivity contribution is -0.146. The predicted molar refractivity (Wildman–Crippen MR) is 64.4 cm³/mol. The van der Waals surface area contributed by atoms with Gasteiger partial charge in [-0.25, -0.2) is 0 Å². The maximum Gasteiger partial charge on any atom is 0.310 e. The van der Waals surface area contributed by atoms with Crippen molar-refractivity contribution < 1.29 is 18.7 Å². The van der Waals surface area contributed by atoms with Crippen molar-refractivity contribution >= 4 is 23.5 Å². The van der Waals surface area contributed by atoms with E-state index in [-0.39, 0.29) is 28.8 Å². The second-order valence-electron chi connectivity index (χ2n) is 4.22. The highest BCUT2D eigenvalue weighted by Gasteiger charge is 2.30. The first-order chi connectivity index (χ1) is 8.61. The van der Waals surface area contributed by atoms with Crippen LogP contribution in [-0.2, 0) is 9.53 Å². The normalized spacial score (nSPS) is 19.7. The summed E-state index contributed by atoms with van der Waals surface area (Å²) in [6, 6.07) is 3.06. The second-order valence-corrected chi connectivity index (χ2v) is 4.59. The maximum atomic E-state index is 12.1. The molecule has 0 aromatic carbocycles. The zero-order valence-corrected chi connectivity index (χ0v) is 10.8. The van der Waals surface area contributed by atoms with Crippen molar-refractivity contribution in [2.24, 2.45) is 5.92 Å². The number of furan rings is 1. The summed E-state index contributed by atoms with van der Waals surface area (Å²) in [6.07, 6.45) is 1.52. The largest absolute Gasteiger partial charge is 0.469 e. The van der Waals surface area contributed by atoms with E-state index in [1.807, 2.05) is 0 Å². The first-order valence-corrected chi connectivity index (χ1v) is 6.12. The van der Waals surface area contributed by atoms with Crippen molar-refractivity contribution in [2.45, 2.75) is 12.8 Å². The van der Waals surface area contributed by atoms with Gasteiger partial charge in [-0.15, -0.1) is 0 Å². The van der Waals surface area contributed by atoms with Gasteiger partial charge < -0.3 is 14.1 Å². The average Bonchev–Trinajstić information content (AvgIpc) is 2.83. The molecule has 1 saturated heterocycles. The van der Waals surface area contributed by atoms with Gasteiger partial charge in [0.25, 0.3) is 5.91 Å². The molecule has 5 nitrogen and oxygen atoms in total. The molecule has 1 aromatic heterocycles. The lowest BCUT2D eigenvalue weighted by Crippen LogP contribution is -2.42. The van der Waals surface area contributed by atoms with Crippen molar-refractivity contribution in [3.8, 4) is 0 Å². The number of carbonyl (C=O) groups is 2. The highest BCUT2D eigenvalue weighted by Crippen LogP contribution is 2.21. The number of likely N-dealkylation sites (tertiary alicyclic amines) is 1. The molecular formula is C12H14ClNO4. The van der Waals surface area contributed by atoms with Crippen LogP contribution >= 0.6 is 11.6 Å². The fourth-order valence-electron chi connectivity index (χ4n) is 2.11. The Labute approximate surface area is 110 Å². The van der Waals surface area contributed by atoms with Crippen molar-refractivity contribution in [2.75, 3.05) is 20.2 Å². The van der Waals surface area contributed by atoms with Crippen LogP contribution in [0.3, 0.4) is 0 Å². The summed E-state index contributed by atoms with van der Waals surface area (Å²) in [5.41, 5.74) is 0. The summed E-state index contributed by atoms with van der Waals surface area (Å²) in [7, 11) is 1.36. The van der Waals surface area contributed by atoms with Gasteiger partial charge in [0.2, 0.25) is 0 Å². The Morgan fingerprint density at radius 1 is 1.50 bits per heavy atom. The monoisotopic (exact) mass is 271 g/mol. The molecule has 0 bridgehead atoms. The summed E-state index contributed by atoms with van der Waals surface area (Å²) in [4.78, 5) is 25.2. The van der Waals surface area contributed by atoms with E-state index in [0.29, 0.717) is 13.1 Å². The Balaban J connectivity index is 2.05. The first kappa shape index (κ1) is 13.0. The molecule has 1 aliphatic heterocycles. The van der Waals surface area contributed by atoms with Gasteiger partial charge in [-0.2, -0.15) is 0 Å². The molecule has 0 saturated carbocycles. The van der Waals surface area contributed by atoms with Gasteiger partial charge >= 0.3 is 5.97 Å². The molecule has 1 amide bonds. The number of esters is 1. The molecule has 0 N–H and O–H groups in total. The number of piperidine rings is 1. The van der Waals surface area contributed by atoms with Crippen molar-refractivity contribution in [1.82, 2.24) is 4.90 Å². The Hall–Kier alpha value is -1.49. The van der Waals surface area contributed by atoms with E-state index in [4.69, 9.17) is 20.8 Å². The summed E-state index contributed by atoms with van der Waals surface area (Å²) in [5.74, 6) is -0.566. The Kier molecular flexibility index (Phi) is 3.91. The third kappa shape index (κ3) is 2.67. The lowest BCUT2D eigenvalue weighted by atomic mass is 9.98. The van der Waals surface area contributed by atoms with Crippen LogP contribution in [0.2, 0.25) is 5.22 Å². The molecular weight excluding hydrogens is 258 g/mol. The van der Waals surface area contributed by atoms with E-state index < -0.39 is 0 Å². The van der Waals surface area contributed by atoms with Crippen molar-refractivity contribution in [3.05, 3.63) is 23.1 Å². The molecule has 1 unspecified atom stereocenters. The fraction of sp³-hybridized carbons (Fsp3) is 0.500. The Morgan fingerprint density at radius 3 is 2.89 bits per heavy atom. The molecule has 1 aromatic rings. The molecule has 98 valence electrons. The van der Waals surface area contributed by atoms with Gasteiger partial charge in [-0.05, 0) is 36.6 Å². The summed E-state index contributed by atoms with van der Waals surface area (Å²) >= 11 is 5.63. The molecule has 0 aliphatic carbocycles. The van der Waals surface area contributed by atoms with Crippen LogP contribution in [0, 0.1) is 5.92 Å². The molecule has 1 aliphatic rings. The molecule has 1 fully saturated rings. The number of rotatable bonds is 2. The van der Waals surface area contributed by atoms with Gasteiger partial charge in [-0.1, -0.05) is 0 Å². The number of carbonyl (C=O) groups excluding carboxylic acids is 2. The second kappa shape index (κ2) is 5.44. The SMILES string of the molecule is COC(=O)C1CCCN(C(=O)c2ccc(Cl)o2)C1. The van der Waals surface area contributed by atoms with Crippen LogP contribution in [0.1, 0.15) is 23.4 Å². The summed E-state index contributed by atoms with van der Waals surface area (Å²) in [6.45, 7) is 0.981. The number of nitrogens with zero attached hydrogens (tertiary/aromatic N) is 1. The van der Waals surface area contributed by atoms with E-state index in [9.17, 15) is 9.59 Å². The minimum atomic E-state index is -0.273. The van der Waals surface area contributed by atoms with Gasteiger partial charge in [0.15, 0.2) is 11.0 Å². The smallest absolute Gasteiger partial charge is 0.310 e. The van der Waals surface area contributed by atoms with E-state index in [1.54, 1.807) is 4.90 Å². The van der Waals surface area contributed by atoms with Crippen LogP contribution in [0.25, 0.3) is 0 Å². The Bertz CT molecular complexity index is 457. The zero-order chi connectivity index (χ0) is 13.1. The number of halogens is 1. The molecule has 1 atom stereocenters. The van der Waals surface area contributed by atoms with E-state index >= 15 is 0 Å². The van der Waals surface area contributed by atoms with E-state index in [1.165, 1.54) is 19.2 Å². The Morgan fingerprint density at radius 2 is 2.28 bits per heavy atom. The predicted octanol–water partition coefficient (Wildman–Crippen LogP) is 1.96. The standard InChI is InChI=1S/C12H14ClNO4/c1-17-12(16)8-3-2-6-14(7-8)11(15)9-4-5-10(13)18-9/h4-5,8H,2-3,6-7H2,1H3. The molecule has 2 rings (SSSR count).